The van der Waals surface area contributed by atoms with Gasteiger partial charge >= 0.3 is 5.97 Å². The molecular formula is C15H19N3O2. The largest absolute Gasteiger partial charge is 0.481 e. The predicted octanol–water partition coefficient (Wildman–Crippen LogP) is 2.03. The molecule has 5 nitrogen and oxygen atoms in total. The second-order valence-corrected chi connectivity index (χ2v) is 5.27. The van der Waals surface area contributed by atoms with Gasteiger partial charge in [0, 0.05) is 24.7 Å². The summed E-state index contributed by atoms with van der Waals surface area (Å²) in [5, 5.41) is 17.7. The molecule has 5 heteroatoms. The number of carbonyl (C=O) groups is 1. The van der Waals surface area contributed by atoms with Gasteiger partial charge in [-0.3, -0.25) is 9.69 Å². The number of likely N-dealkylation sites (tertiary alicyclic amines) is 1. The number of carboxylic acid groups (broad SMARTS) is 1. The third-order valence-electron chi connectivity index (χ3n) is 3.86. The van der Waals surface area contributed by atoms with Crippen LogP contribution in [-0.4, -0.2) is 34.0 Å². The molecule has 2 rings (SSSR count). The van der Waals surface area contributed by atoms with Crippen molar-refractivity contribution >= 4 is 5.97 Å². The summed E-state index contributed by atoms with van der Waals surface area (Å²) in [6.07, 6.45) is 4.76. The highest BCUT2D eigenvalue weighted by Gasteiger charge is 2.20. The van der Waals surface area contributed by atoms with Crippen molar-refractivity contribution in [3.63, 3.8) is 0 Å². The minimum Gasteiger partial charge on any atom is -0.481 e. The lowest BCUT2D eigenvalue weighted by atomic mass is 9.92. The number of rotatable bonds is 5. The number of carboxylic acids is 1. The summed E-state index contributed by atoms with van der Waals surface area (Å²) in [5.41, 5.74) is 1.47. The minimum atomic E-state index is -0.707. The van der Waals surface area contributed by atoms with E-state index in [0.29, 0.717) is 11.6 Å². The van der Waals surface area contributed by atoms with E-state index in [0.717, 1.165) is 44.5 Å². The molecule has 0 atom stereocenters. The molecule has 0 radical (unpaired) electrons. The van der Waals surface area contributed by atoms with Gasteiger partial charge in [0.05, 0.1) is 0 Å². The molecule has 1 aromatic rings. The second kappa shape index (κ2) is 7.01. The highest BCUT2D eigenvalue weighted by atomic mass is 16.4. The van der Waals surface area contributed by atoms with Crippen molar-refractivity contribution in [2.75, 3.05) is 13.1 Å². The Morgan fingerprint density at radius 2 is 2.25 bits per heavy atom. The van der Waals surface area contributed by atoms with E-state index < -0.39 is 5.97 Å². The fraction of sp³-hybridized carbons (Fsp3) is 0.533. The number of aromatic nitrogens is 1. The van der Waals surface area contributed by atoms with Crippen molar-refractivity contribution in [2.45, 2.75) is 32.2 Å². The van der Waals surface area contributed by atoms with Gasteiger partial charge in [-0.15, -0.1) is 0 Å². The molecule has 0 spiro atoms. The average Bonchev–Trinajstić information content (AvgIpc) is 2.47. The summed E-state index contributed by atoms with van der Waals surface area (Å²) in [5.74, 6) is -0.187. The molecule has 0 amide bonds. The van der Waals surface area contributed by atoms with Gasteiger partial charge in [-0.1, -0.05) is 6.07 Å². The molecule has 0 bridgehead atoms. The lowest BCUT2D eigenvalue weighted by molar-refractivity contribution is -0.137. The van der Waals surface area contributed by atoms with Crippen molar-refractivity contribution in [1.82, 2.24) is 9.88 Å². The van der Waals surface area contributed by atoms with Gasteiger partial charge < -0.3 is 5.11 Å². The average molecular weight is 273 g/mol. The van der Waals surface area contributed by atoms with Crippen molar-refractivity contribution in [2.24, 2.45) is 5.92 Å². The Bertz CT molecular complexity index is 502. The standard InChI is InChI=1S/C15H19N3O2/c16-10-14-13(2-1-7-17-14)11-18-8-5-12(6-9-18)3-4-15(19)20/h1-2,7,12H,3-6,8-9,11H2,(H,19,20). The monoisotopic (exact) mass is 273 g/mol. The van der Waals surface area contributed by atoms with E-state index in [9.17, 15) is 4.79 Å². The van der Waals surface area contributed by atoms with Crippen molar-refractivity contribution in [3.8, 4) is 6.07 Å². The van der Waals surface area contributed by atoms with E-state index in [1.54, 1.807) is 6.20 Å². The van der Waals surface area contributed by atoms with Crippen molar-refractivity contribution < 1.29 is 9.90 Å². The number of nitrogens with zero attached hydrogens (tertiary/aromatic N) is 3. The Balaban J connectivity index is 1.83. The fourth-order valence-corrected chi connectivity index (χ4v) is 2.67. The summed E-state index contributed by atoms with van der Waals surface area (Å²) in [6, 6.07) is 5.93. The number of hydrogen-bond donors (Lipinski definition) is 1. The lowest BCUT2D eigenvalue weighted by Crippen LogP contribution is -2.33. The number of piperidine rings is 1. The summed E-state index contributed by atoms with van der Waals surface area (Å²) in [4.78, 5) is 17.0. The fourth-order valence-electron chi connectivity index (χ4n) is 2.67. The first kappa shape index (κ1) is 14.5. The Morgan fingerprint density at radius 1 is 1.50 bits per heavy atom. The zero-order valence-corrected chi connectivity index (χ0v) is 11.5. The topological polar surface area (TPSA) is 77.2 Å². The molecular weight excluding hydrogens is 254 g/mol. The first-order valence-electron chi connectivity index (χ1n) is 6.97. The maximum absolute atomic E-state index is 10.6. The van der Waals surface area contributed by atoms with Crippen LogP contribution < -0.4 is 0 Å². The van der Waals surface area contributed by atoms with Crippen LogP contribution in [0.15, 0.2) is 18.3 Å². The quantitative estimate of drug-likeness (QED) is 0.888. The number of hydrogen-bond acceptors (Lipinski definition) is 4. The highest BCUT2D eigenvalue weighted by Crippen LogP contribution is 2.23. The van der Waals surface area contributed by atoms with Crippen LogP contribution in [0.25, 0.3) is 0 Å². The van der Waals surface area contributed by atoms with Crippen LogP contribution in [0, 0.1) is 17.2 Å². The highest BCUT2D eigenvalue weighted by molar-refractivity contribution is 5.66. The molecule has 20 heavy (non-hydrogen) atoms. The summed E-state index contributed by atoms with van der Waals surface area (Å²) >= 11 is 0. The molecule has 0 aromatic carbocycles. The smallest absolute Gasteiger partial charge is 0.303 e. The molecule has 106 valence electrons. The van der Waals surface area contributed by atoms with Gasteiger partial charge in [0.1, 0.15) is 11.8 Å². The maximum atomic E-state index is 10.6. The molecule has 2 heterocycles. The summed E-state index contributed by atoms with van der Waals surface area (Å²) in [6.45, 7) is 2.68. The number of pyridine rings is 1. The van der Waals surface area contributed by atoms with Crippen LogP contribution in [-0.2, 0) is 11.3 Å². The van der Waals surface area contributed by atoms with Crippen LogP contribution in [0.5, 0.6) is 0 Å². The zero-order valence-electron chi connectivity index (χ0n) is 11.5. The Labute approximate surface area is 118 Å². The predicted molar refractivity (Wildman–Crippen MR) is 73.8 cm³/mol. The molecule has 1 saturated heterocycles. The molecule has 1 aromatic heterocycles. The molecule has 1 fully saturated rings. The number of aliphatic carboxylic acids is 1. The van der Waals surface area contributed by atoms with E-state index in [1.165, 1.54) is 0 Å². The normalized spacial score (nSPS) is 16.8. The van der Waals surface area contributed by atoms with Gasteiger partial charge in [0.2, 0.25) is 0 Å². The molecule has 0 aliphatic carbocycles. The minimum absolute atomic E-state index is 0.270. The second-order valence-electron chi connectivity index (χ2n) is 5.27. The van der Waals surface area contributed by atoms with E-state index in [1.807, 2.05) is 12.1 Å². The van der Waals surface area contributed by atoms with Gasteiger partial charge in [-0.25, -0.2) is 4.98 Å². The summed E-state index contributed by atoms with van der Waals surface area (Å²) in [7, 11) is 0. The first-order valence-corrected chi connectivity index (χ1v) is 6.97. The van der Waals surface area contributed by atoms with Crippen LogP contribution in [0.4, 0.5) is 0 Å². The lowest BCUT2D eigenvalue weighted by Gasteiger charge is -2.31. The Morgan fingerprint density at radius 3 is 2.90 bits per heavy atom. The van der Waals surface area contributed by atoms with Crippen LogP contribution in [0.1, 0.15) is 36.9 Å². The van der Waals surface area contributed by atoms with E-state index >= 15 is 0 Å². The Kier molecular flexibility index (Phi) is 5.08. The van der Waals surface area contributed by atoms with Crippen LogP contribution in [0.3, 0.4) is 0 Å². The van der Waals surface area contributed by atoms with Gasteiger partial charge in [-0.2, -0.15) is 5.26 Å². The molecule has 0 unspecified atom stereocenters. The van der Waals surface area contributed by atoms with E-state index in [4.69, 9.17) is 10.4 Å². The number of nitriles is 1. The molecule has 1 aliphatic rings. The maximum Gasteiger partial charge on any atom is 0.303 e. The third kappa shape index (κ3) is 4.04. The SMILES string of the molecule is N#Cc1ncccc1CN1CCC(CCC(=O)O)CC1. The van der Waals surface area contributed by atoms with E-state index in [-0.39, 0.29) is 6.42 Å². The van der Waals surface area contributed by atoms with E-state index in [2.05, 4.69) is 16.0 Å². The van der Waals surface area contributed by atoms with Gasteiger partial charge in [-0.05, 0) is 44.3 Å². The van der Waals surface area contributed by atoms with Crippen LogP contribution >= 0.6 is 0 Å². The molecule has 0 saturated carbocycles. The Hall–Kier alpha value is -1.93. The van der Waals surface area contributed by atoms with Crippen molar-refractivity contribution in [3.05, 3.63) is 29.6 Å². The zero-order chi connectivity index (χ0) is 14.4. The van der Waals surface area contributed by atoms with Gasteiger partial charge in [0.15, 0.2) is 0 Å². The first-order chi connectivity index (χ1) is 9.69. The van der Waals surface area contributed by atoms with Gasteiger partial charge in [0.25, 0.3) is 0 Å². The molecule has 1 aliphatic heterocycles. The third-order valence-corrected chi connectivity index (χ3v) is 3.86. The van der Waals surface area contributed by atoms with Crippen molar-refractivity contribution in [1.29, 1.82) is 5.26 Å². The summed E-state index contributed by atoms with van der Waals surface area (Å²) < 4.78 is 0. The molecule has 1 N–H and O–H groups in total. The van der Waals surface area contributed by atoms with Crippen LogP contribution in [0.2, 0.25) is 0 Å².